The number of halogens is 2. The summed E-state index contributed by atoms with van der Waals surface area (Å²) in [7, 11) is 0. The topological polar surface area (TPSA) is 46.2 Å². The first-order chi connectivity index (χ1) is 10.4. The molecule has 1 aromatic carbocycles. The SMILES string of the molecule is CC(O)(CCN)SCc1ccc(Cl)cc1Cl.c1cc2ccc1=2. The van der Waals surface area contributed by atoms with Crippen LogP contribution in [0.15, 0.2) is 42.5 Å². The summed E-state index contributed by atoms with van der Waals surface area (Å²) in [6, 6.07) is 13.9. The number of hydrogen-bond acceptors (Lipinski definition) is 3. The van der Waals surface area contributed by atoms with Gasteiger partial charge in [-0.05, 0) is 48.0 Å². The van der Waals surface area contributed by atoms with E-state index in [9.17, 15) is 5.11 Å². The van der Waals surface area contributed by atoms with Crippen molar-refractivity contribution in [3.05, 3.63) is 68.5 Å². The lowest BCUT2D eigenvalue weighted by molar-refractivity contribution is 0.150. The molecule has 3 N–H and O–H groups in total. The summed E-state index contributed by atoms with van der Waals surface area (Å²) in [5.74, 6) is 0.642. The summed E-state index contributed by atoms with van der Waals surface area (Å²) >= 11 is 13.3. The van der Waals surface area contributed by atoms with E-state index in [2.05, 4.69) is 24.3 Å². The molecular formula is C17H19Cl2NOS. The average molecular weight is 356 g/mol. The summed E-state index contributed by atoms with van der Waals surface area (Å²) in [6.07, 6.45) is 0.558. The highest BCUT2D eigenvalue weighted by molar-refractivity contribution is 7.99. The third-order valence-corrected chi connectivity index (χ3v) is 5.25. The summed E-state index contributed by atoms with van der Waals surface area (Å²) in [5, 5.41) is 14.0. The number of rotatable bonds is 5. The Kier molecular flexibility index (Phi) is 6.18. The predicted molar refractivity (Wildman–Crippen MR) is 96.2 cm³/mol. The van der Waals surface area contributed by atoms with Gasteiger partial charge in [-0.2, -0.15) is 0 Å². The second-order valence-corrected chi connectivity index (χ2v) is 7.62. The van der Waals surface area contributed by atoms with Crippen molar-refractivity contribution in [3.63, 3.8) is 0 Å². The maximum Gasteiger partial charge on any atom is 0.109 e. The second kappa shape index (κ2) is 7.71. The normalized spacial score (nSPS) is 13.9. The van der Waals surface area contributed by atoms with Crippen LogP contribution < -0.4 is 5.73 Å². The van der Waals surface area contributed by atoms with Crippen LogP contribution in [-0.4, -0.2) is 16.6 Å². The van der Waals surface area contributed by atoms with Gasteiger partial charge in [0.05, 0.1) is 0 Å². The molecule has 118 valence electrons. The zero-order chi connectivity index (χ0) is 16.2. The molecule has 0 aliphatic heterocycles. The molecule has 0 saturated carbocycles. The minimum atomic E-state index is -0.808. The monoisotopic (exact) mass is 355 g/mol. The molecule has 1 aromatic rings. The quantitative estimate of drug-likeness (QED) is 0.658. The molecule has 0 bridgehead atoms. The van der Waals surface area contributed by atoms with Gasteiger partial charge < -0.3 is 10.8 Å². The first kappa shape index (κ1) is 17.6. The third kappa shape index (κ3) is 4.90. The van der Waals surface area contributed by atoms with Gasteiger partial charge in [0.2, 0.25) is 0 Å². The van der Waals surface area contributed by atoms with Crippen LogP contribution in [0.3, 0.4) is 0 Å². The Labute approximate surface area is 144 Å². The highest BCUT2D eigenvalue weighted by Gasteiger charge is 2.20. The van der Waals surface area contributed by atoms with E-state index in [1.165, 1.54) is 22.2 Å². The van der Waals surface area contributed by atoms with E-state index in [0.717, 1.165) is 5.56 Å². The minimum Gasteiger partial charge on any atom is -0.380 e. The van der Waals surface area contributed by atoms with E-state index in [1.807, 2.05) is 6.07 Å². The Balaban J connectivity index is 0.000000238. The standard InChI is InChI=1S/C11H15Cl2NOS.C6H4/c1-11(15,4-5-14)16-7-8-2-3-9(12)6-10(8)13;1-2-6-4-3-5(1)6/h2-3,6,15H,4-5,7,14H2,1H3;1-4H. The zero-order valence-electron chi connectivity index (χ0n) is 12.4. The second-order valence-electron chi connectivity index (χ2n) is 5.32. The Morgan fingerprint density at radius 3 is 2.09 bits per heavy atom. The van der Waals surface area contributed by atoms with Gasteiger partial charge in [0, 0.05) is 15.8 Å². The molecular weight excluding hydrogens is 337 g/mol. The lowest BCUT2D eigenvalue weighted by atomic mass is 10.1. The van der Waals surface area contributed by atoms with E-state index in [4.69, 9.17) is 28.9 Å². The number of hydrogen-bond donors (Lipinski definition) is 2. The molecule has 5 heteroatoms. The number of thioether (sulfide) groups is 1. The fourth-order valence-corrected chi connectivity index (χ4v) is 3.41. The van der Waals surface area contributed by atoms with Crippen LogP contribution in [-0.2, 0) is 5.75 Å². The summed E-state index contributed by atoms with van der Waals surface area (Å²) in [5.41, 5.74) is 6.38. The maximum atomic E-state index is 9.94. The predicted octanol–water partition coefficient (Wildman–Crippen LogP) is 4.57. The Morgan fingerprint density at radius 1 is 1.09 bits per heavy atom. The van der Waals surface area contributed by atoms with Crippen molar-refractivity contribution in [3.8, 4) is 0 Å². The van der Waals surface area contributed by atoms with E-state index in [-0.39, 0.29) is 0 Å². The van der Waals surface area contributed by atoms with Crippen LogP contribution in [0.2, 0.25) is 10.0 Å². The third-order valence-electron chi connectivity index (χ3n) is 3.38. The fourth-order valence-electron chi connectivity index (χ4n) is 1.87. The van der Waals surface area contributed by atoms with Gasteiger partial charge in [-0.25, -0.2) is 0 Å². The van der Waals surface area contributed by atoms with Crippen LogP contribution in [0.1, 0.15) is 18.9 Å². The fraction of sp³-hybridized carbons (Fsp3) is 0.294. The van der Waals surface area contributed by atoms with E-state index in [0.29, 0.717) is 28.8 Å². The summed E-state index contributed by atoms with van der Waals surface area (Å²) < 4.78 is 0. The average Bonchev–Trinajstić information content (AvgIpc) is 2.42. The lowest BCUT2D eigenvalue weighted by Crippen LogP contribution is -2.23. The molecule has 22 heavy (non-hydrogen) atoms. The molecule has 2 aliphatic carbocycles. The van der Waals surface area contributed by atoms with Gasteiger partial charge in [-0.3, -0.25) is 0 Å². The summed E-state index contributed by atoms with van der Waals surface area (Å²) in [4.78, 5) is -0.808. The Hall–Kier alpha value is -0.710. The molecule has 2 nitrogen and oxygen atoms in total. The van der Waals surface area contributed by atoms with E-state index in [1.54, 1.807) is 19.1 Å². The minimum absolute atomic E-state index is 0.467. The number of aliphatic hydroxyl groups is 1. The molecule has 0 spiro atoms. The van der Waals surface area contributed by atoms with Crippen LogP contribution >= 0.6 is 35.0 Å². The van der Waals surface area contributed by atoms with Crippen LogP contribution in [0.5, 0.6) is 0 Å². The Bertz CT molecular complexity index is 683. The molecule has 3 rings (SSSR count). The van der Waals surface area contributed by atoms with Crippen molar-refractivity contribution in [2.24, 2.45) is 5.73 Å². The van der Waals surface area contributed by atoms with Crippen LogP contribution in [0, 0.1) is 10.4 Å². The van der Waals surface area contributed by atoms with Crippen LogP contribution in [0.4, 0.5) is 0 Å². The molecule has 1 atom stereocenters. The molecule has 2 aliphatic rings. The van der Waals surface area contributed by atoms with Crippen molar-refractivity contribution in [2.45, 2.75) is 24.0 Å². The highest BCUT2D eigenvalue weighted by atomic mass is 35.5. The van der Waals surface area contributed by atoms with E-state index >= 15 is 0 Å². The maximum absolute atomic E-state index is 9.94. The van der Waals surface area contributed by atoms with Crippen molar-refractivity contribution in [1.82, 2.24) is 0 Å². The van der Waals surface area contributed by atoms with Gasteiger partial charge in [0.15, 0.2) is 0 Å². The van der Waals surface area contributed by atoms with Crippen molar-refractivity contribution in [1.29, 1.82) is 0 Å². The molecule has 0 aromatic heterocycles. The van der Waals surface area contributed by atoms with Gasteiger partial charge in [0.1, 0.15) is 4.93 Å². The first-order valence-electron chi connectivity index (χ1n) is 7.02. The first-order valence-corrected chi connectivity index (χ1v) is 8.76. The highest BCUT2D eigenvalue weighted by Crippen LogP contribution is 2.31. The molecule has 0 heterocycles. The summed E-state index contributed by atoms with van der Waals surface area (Å²) in [6.45, 7) is 2.22. The number of nitrogens with two attached hydrogens (primary N) is 1. The van der Waals surface area contributed by atoms with Gasteiger partial charge in [-0.15, -0.1) is 11.8 Å². The van der Waals surface area contributed by atoms with Crippen LogP contribution in [0.25, 0.3) is 0 Å². The van der Waals surface area contributed by atoms with Gasteiger partial charge >= 0.3 is 0 Å². The molecule has 0 fully saturated rings. The van der Waals surface area contributed by atoms with Crippen molar-refractivity contribution in [2.75, 3.05) is 6.54 Å². The Morgan fingerprint density at radius 2 is 1.68 bits per heavy atom. The molecule has 1 unspecified atom stereocenters. The zero-order valence-corrected chi connectivity index (χ0v) is 14.7. The molecule has 0 saturated heterocycles. The largest absolute Gasteiger partial charge is 0.380 e. The lowest BCUT2D eigenvalue weighted by Gasteiger charge is -2.22. The van der Waals surface area contributed by atoms with Crippen molar-refractivity contribution >= 4 is 35.0 Å². The number of benzene rings is 2. The van der Waals surface area contributed by atoms with Gasteiger partial charge in [-0.1, -0.05) is 53.5 Å². The van der Waals surface area contributed by atoms with Gasteiger partial charge in [0.25, 0.3) is 0 Å². The molecule has 0 radical (unpaired) electrons. The van der Waals surface area contributed by atoms with E-state index < -0.39 is 4.93 Å². The van der Waals surface area contributed by atoms with Crippen molar-refractivity contribution < 1.29 is 5.11 Å². The molecule has 0 amide bonds. The smallest absolute Gasteiger partial charge is 0.109 e.